The van der Waals surface area contributed by atoms with E-state index in [1.807, 2.05) is 4.90 Å². The van der Waals surface area contributed by atoms with E-state index in [4.69, 9.17) is 0 Å². The van der Waals surface area contributed by atoms with Gasteiger partial charge in [-0.15, -0.1) is 0 Å². The highest BCUT2D eigenvalue weighted by Gasteiger charge is 2.28. The fourth-order valence-electron chi connectivity index (χ4n) is 3.07. The zero-order valence-electron chi connectivity index (χ0n) is 12.1. The zero-order valence-corrected chi connectivity index (χ0v) is 12.1. The number of fused-ring (bicyclic) bond motifs is 1. The van der Waals surface area contributed by atoms with Gasteiger partial charge in [0.1, 0.15) is 0 Å². The summed E-state index contributed by atoms with van der Waals surface area (Å²) in [5.41, 5.74) is 2.79. The van der Waals surface area contributed by atoms with Crippen molar-refractivity contribution in [2.24, 2.45) is 0 Å². The van der Waals surface area contributed by atoms with Gasteiger partial charge in [0.05, 0.1) is 6.04 Å². The van der Waals surface area contributed by atoms with Crippen molar-refractivity contribution in [2.75, 3.05) is 26.2 Å². The topological polar surface area (TPSA) is 44.4 Å². The van der Waals surface area contributed by atoms with Gasteiger partial charge in [-0.2, -0.15) is 0 Å². The Morgan fingerprint density at radius 3 is 2.30 bits per heavy atom. The molecule has 2 atom stereocenters. The zero-order chi connectivity index (χ0) is 13.9. The number of nitrogens with zero attached hydrogens (tertiary/aromatic N) is 1. The van der Waals surface area contributed by atoms with Gasteiger partial charge in [0.25, 0.3) is 0 Å². The molecule has 1 saturated heterocycles. The third-order valence-electron chi connectivity index (χ3n) is 4.37. The van der Waals surface area contributed by atoms with Crippen molar-refractivity contribution >= 4 is 5.91 Å². The number of amides is 1. The standard InChI is InChI=1S/C16H23N3O/c1-12-10-18-15(11-17-12)16(20)19-8-6-13-4-2-3-5-14(13)7-9-19/h2-5,12,15,17-18H,6-11H2,1H3. The number of piperazine rings is 1. The molecule has 0 saturated carbocycles. The first-order valence-electron chi connectivity index (χ1n) is 7.56. The lowest BCUT2D eigenvalue weighted by Crippen LogP contribution is -2.59. The quantitative estimate of drug-likeness (QED) is 0.786. The van der Waals surface area contributed by atoms with E-state index in [2.05, 4.69) is 41.8 Å². The van der Waals surface area contributed by atoms with Crippen LogP contribution in [0.2, 0.25) is 0 Å². The van der Waals surface area contributed by atoms with E-state index in [9.17, 15) is 4.79 Å². The number of carbonyl (C=O) groups is 1. The first kappa shape index (κ1) is 13.6. The van der Waals surface area contributed by atoms with E-state index in [-0.39, 0.29) is 11.9 Å². The van der Waals surface area contributed by atoms with Crippen molar-refractivity contribution in [1.82, 2.24) is 15.5 Å². The van der Waals surface area contributed by atoms with Crippen LogP contribution in [0.3, 0.4) is 0 Å². The molecule has 0 radical (unpaired) electrons. The summed E-state index contributed by atoms with van der Waals surface area (Å²) in [6, 6.07) is 8.94. The van der Waals surface area contributed by atoms with Gasteiger partial charge in [0.15, 0.2) is 0 Å². The van der Waals surface area contributed by atoms with Gasteiger partial charge in [-0.05, 0) is 30.9 Å². The fraction of sp³-hybridized carbons (Fsp3) is 0.562. The number of hydrogen-bond acceptors (Lipinski definition) is 3. The molecule has 0 spiro atoms. The van der Waals surface area contributed by atoms with Crippen LogP contribution in [0.4, 0.5) is 0 Å². The molecule has 2 aliphatic heterocycles. The van der Waals surface area contributed by atoms with E-state index in [1.165, 1.54) is 11.1 Å². The van der Waals surface area contributed by atoms with Crippen LogP contribution in [-0.4, -0.2) is 49.1 Å². The van der Waals surface area contributed by atoms with Crippen molar-refractivity contribution in [2.45, 2.75) is 31.8 Å². The normalized spacial score (nSPS) is 26.8. The molecule has 2 unspecified atom stereocenters. The van der Waals surface area contributed by atoms with Crippen molar-refractivity contribution in [3.05, 3.63) is 35.4 Å². The number of carbonyl (C=O) groups excluding carboxylic acids is 1. The van der Waals surface area contributed by atoms with Crippen LogP contribution >= 0.6 is 0 Å². The van der Waals surface area contributed by atoms with Gasteiger partial charge in [-0.1, -0.05) is 24.3 Å². The van der Waals surface area contributed by atoms with E-state index in [1.54, 1.807) is 0 Å². The highest BCUT2D eigenvalue weighted by Crippen LogP contribution is 2.16. The molecule has 2 aliphatic rings. The first-order valence-corrected chi connectivity index (χ1v) is 7.56. The molecule has 2 N–H and O–H groups in total. The molecule has 0 aromatic heterocycles. The van der Waals surface area contributed by atoms with Gasteiger partial charge in [-0.25, -0.2) is 0 Å². The minimum Gasteiger partial charge on any atom is -0.341 e. The van der Waals surface area contributed by atoms with E-state index in [0.717, 1.165) is 39.0 Å². The Morgan fingerprint density at radius 2 is 1.75 bits per heavy atom. The molecule has 20 heavy (non-hydrogen) atoms. The van der Waals surface area contributed by atoms with Crippen LogP contribution in [-0.2, 0) is 17.6 Å². The molecule has 108 valence electrons. The molecule has 1 fully saturated rings. The summed E-state index contributed by atoms with van der Waals surface area (Å²) >= 11 is 0. The van der Waals surface area contributed by atoms with Gasteiger partial charge in [0, 0.05) is 32.2 Å². The van der Waals surface area contributed by atoms with Gasteiger partial charge in [-0.3, -0.25) is 4.79 Å². The molecular formula is C16H23N3O. The maximum Gasteiger partial charge on any atom is 0.241 e. The number of rotatable bonds is 1. The SMILES string of the molecule is CC1CNC(C(=O)N2CCc3ccccc3CC2)CN1. The van der Waals surface area contributed by atoms with Crippen LogP contribution in [0.25, 0.3) is 0 Å². The third kappa shape index (κ3) is 2.86. The van der Waals surface area contributed by atoms with Crippen LogP contribution in [0.5, 0.6) is 0 Å². The fourth-order valence-corrected chi connectivity index (χ4v) is 3.07. The number of nitrogens with one attached hydrogen (secondary N) is 2. The van der Waals surface area contributed by atoms with E-state index < -0.39 is 0 Å². The van der Waals surface area contributed by atoms with E-state index >= 15 is 0 Å². The molecule has 4 heteroatoms. The Morgan fingerprint density at radius 1 is 1.10 bits per heavy atom. The summed E-state index contributed by atoms with van der Waals surface area (Å²) in [5, 5.41) is 6.73. The molecule has 0 aliphatic carbocycles. The van der Waals surface area contributed by atoms with Gasteiger partial charge < -0.3 is 15.5 Å². The number of hydrogen-bond donors (Lipinski definition) is 2. The second kappa shape index (κ2) is 5.94. The largest absolute Gasteiger partial charge is 0.341 e. The predicted octanol–water partition coefficient (Wildman–Crippen LogP) is 0.564. The summed E-state index contributed by atoms with van der Waals surface area (Å²) < 4.78 is 0. The Labute approximate surface area is 120 Å². The van der Waals surface area contributed by atoms with Crippen molar-refractivity contribution in [3.63, 3.8) is 0 Å². The molecule has 2 heterocycles. The minimum absolute atomic E-state index is 0.0626. The Bertz CT molecular complexity index is 453. The van der Waals surface area contributed by atoms with Crippen LogP contribution < -0.4 is 10.6 Å². The second-order valence-electron chi connectivity index (χ2n) is 5.86. The third-order valence-corrected chi connectivity index (χ3v) is 4.37. The Hall–Kier alpha value is -1.39. The van der Waals surface area contributed by atoms with E-state index in [0.29, 0.717) is 6.04 Å². The monoisotopic (exact) mass is 273 g/mol. The summed E-state index contributed by atoms with van der Waals surface area (Å²) in [7, 11) is 0. The van der Waals surface area contributed by atoms with Crippen molar-refractivity contribution in [3.8, 4) is 0 Å². The second-order valence-corrected chi connectivity index (χ2v) is 5.86. The Balaban J connectivity index is 1.63. The smallest absolute Gasteiger partial charge is 0.241 e. The molecule has 0 bridgehead atoms. The molecule has 4 nitrogen and oxygen atoms in total. The molecular weight excluding hydrogens is 250 g/mol. The van der Waals surface area contributed by atoms with Gasteiger partial charge >= 0.3 is 0 Å². The van der Waals surface area contributed by atoms with Crippen molar-refractivity contribution in [1.29, 1.82) is 0 Å². The maximum absolute atomic E-state index is 12.6. The first-order chi connectivity index (χ1) is 9.74. The molecule has 3 rings (SSSR count). The highest BCUT2D eigenvalue weighted by molar-refractivity contribution is 5.82. The average Bonchev–Trinajstić information content (AvgIpc) is 2.70. The van der Waals surface area contributed by atoms with Crippen LogP contribution in [0, 0.1) is 0 Å². The van der Waals surface area contributed by atoms with Crippen molar-refractivity contribution < 1.29 is 4.79 Å². The summed E-state index contributed by atoms with van der Waals surface area (Å²) in [6.07, 6.45) is 1.94. The lowest BCUT2D eigenvalue weighted by molar-refractivity contribution is -0.133. The molecule has 1 aromatic carbocycles. The van der Waals surface area contributed by atoms with Crippen LogP contribution in [0.15, 0.2) is 24.3 Å². The summed E-state index contributed by atoms with van der Waals surface area (Å²) in [6.45, 7) is 5.41. The minimum atomic E-state index is -0.0626. The summed E-state index contributed by atoms with van der Waals surface area (Å²) in [5.74, 6) is 0.247. The molecule has 1 amide bonds. The Kier molecular flexibility index (Phi) is 4.03. The lowest BCUT2D eigenvalue weighted by Gasteiger charge is -2.32. The summed E-state index contributed by atoms with van der Waals surface area (Å²) in [4.78, 5) is 14.6. The number of benzene rings is 1. The average molecular weight is 273 g/mol. The van der Waals surface area contributed by atoms with Crippen LogP contribution in [0.1, 0.15) is 18.1 Å². The maximum atomic E-state index is 12.6. The predicted molar refractivity (Wildman–Crippen MR) is 79.7 cm³/mol. The molecule has 1 aromatic rings. The van der Waals surface area contributed by atoms with Gasteiger partial charge in [0.2, 0.25) is 5.91 Å². The lowest BCUT2D eigenvalue weighted by atomic mass is 10.0. The highest BCUT2D eigenvalue weighted by atomic mass is 16.2.